The Balaban J connectivity index is 1.52. The second-order valence-electron chi connectivity index (χ2n) is 14.0. The smallest absolute Gasteiger partial charge is 0.306 e. The molecule has 7 rings (SSSR count). The number of hydrogen-bond acceptors (Lipinski definition) is 5. The first-order valence-electron chi connectivity index (χ1n) is 14.7. The third kappa shape index (κ3) is 3.07. The highest BCUT2D eigenvalue weighted by Crippen LogP contribution is 2.81. The van der Waals surface area contributed by atoms with E-state index >= 15 is 0 Å². The van der Waals surface area contributed by atoms with E-state index in [2.05, 4.69) is 63.0 Å². The summed E-state index contributed by atoms with van der Waals surface area (Å²) in [6, 6.07) is 8.61. The van der Waals surface area contributed by atoms with E-state index in [0.717, 1.165) is 30.8 Å². The molecule has 1 saturated heterocycles. The number of carbonyl (C=O) groups is 2. The van der Waals surface area contributed by atoms with Gasteiger partial charge in [-0.25, -0.2) is 0 Å². The first-order valence-corrected chi connectivity index (χ1v) is 18.1. The number of rotatable bonds is 4. The van der Waals surface area contributed by atoms with Crippen molar-refractivity contribution < 1.29 is 23.5 Å². The van der Waals surface area contributed by atoms with Crippen LogP contribution >= 0.6 is 0 Å². The molecule has 6 heteroatoms. The Morgan fingerprint density at radius 3 is 2.38 bits per heavy atom. The molecule has 2 saturated carbocycles. The summed E-state index contributed by atoms with van der Waals surface area (Å²) in [4.78, 5) is 26.5. The molecule has 0 aromatic heterocycles. The van der Waals surface area contributed by atoms with Crippen molar-refractivity contribution in [2.45, 2.75) is 82.5 Å². The van der Waals surface area contributed by atoms with Crippen molar-refractivity contribution in [1.29, 1.82) is 0 Å². The minimum absolute atomic E-state index is 0.0358. The Morgan fingerprint density at radius 1 is 0.974 bits per heavy atom. The van der Waals surface area contributed by atoms with Crippen LogP contribution in [0.1, 0.15) is 57.4 Å². The Bertz CT molecular complexity index is 1350. The van der Waals surface area contributed by atoms with Gasteiger partial charge in [0.1, 0.15) is 11.4 Å². The van der Waals surface area contributed by atoms with Gasteiger partial charge in [0.05, 0.1) is 12.9 Å². The molecular weight excluding hydrogens is 504 g/mol. The number of fused-ring (bicyclic) bond motifs is 5. The lowest BCUT2D eigenvalue weighted by atomic mass is 9.50. The van der Waals surface area contributed by atoms with E-state index in [1.54, 1.807) is 13.2 Å². The first-order chi connectivity index (χ1) is 18.5. The van der Waals surface area contributed by atoms with Crippen LogP contribution in [0.5, 0.6) is 5.75 Å². The molecule has 2 bridgehead atoms. The second-order valence-corrected chi connectivity index (χ2v) is 18.4. The van der Waals surface area contributed by atoms with Crippen molar-refractivity contribution in [2.24, 2.45) is 28.6 Å². The molecule has 5 nitrogen and oxygen atoms in total. The largest absolute Gasteiger partial charge is 0.547 e. The lowest BCUT2D eigenvalue weighted by molar-refractivity contribution is -0.156. The fourth-order valence-electron chi connectivity index (χ4n) is 9.93. The van der Waals surface area contributed by atoms with E-state index in [0.29, 0.717) is 19.3 Å². The van der Waals surface area contributed by atoms with E-state index < -0.39 is 13.9 Å². The van der Waals surface area contributed by atoms with E-state index in [1.165, 1.54) is 17.6 Å². The molecular formula is C33H40O5Si. The molecule has 1 aromatic rings. The van der Waals surface area contributed by atoms with Crippen LogP contribution in [0.25, 0.3) is 0 Å². The summed E-state index contributed by atoms with van der Waals surface area (Å²) in [5, 5.41) is 0. The van der Waals surface area contributed by atoms with Gasteiger partial charge in [-0.15, -0.1) is 0 Å². The van der Waals surface area contributed by atoms with Crippen LogP contribution in [0.3, 0.4) is 0 Å². The Kier molecular flexibility index (Phi) is 5.20. The Labute approximate surface area is 232 Å². The number of hydrogen-bond donors (Lipinski definition) is 0. The zero-order valence-electron chi connectivity index (χ0n) is 23.8. The molecule has 0 unspecified atom stereocenters. The van der Waals surface area contributed by atoms with Gasteiger partial charge in [-0.3, -0.25) is 9.59 Å². The number of allylic oxidation sites excluding steroid dienone is 5. The number of benzene rings is 1. The first kappa shape index (κ1) is 25.4. The SMILES string of the molecule is COc1ccc([C@@]23C=C[C@@]4(CCCC[C@]24C)[C@@H]2C3=C(O[Si](C)(C)C)C[C@@H]3[C@H]2C(=O)C=C[C@@]32CCC(=O)O2)cc1. The van der Waals surface area contributed by atoms with Gasteiger partial charge in [0, 0.05) is 47.8 Å². The van der Waals surface area contributed by atoms with Gasteiger partial charge in [-0.1, -0.05) is 44.1 Å². The van der Waals surface area contributed by atoms with Gasteiger partial charge in [-0.2, -0.15) is 0 Å². The second kappa shape index (κ2) is 7.99. The molecule has 0 N–H and O–H groups in total. The summed E-state index contributed by atoms with van der Waals surface area (Å²) in [6.07, 6.45) is 14.8. The zero-order chi connectivity index (χ0) is 27.4. The third-order valence-corrected chi connectivity index (χ3v) is 12.2. The van der Waals surface area contributed by atoms with Crippen LogP contribution in [0.4, 0.5) is 0 Å². The summed E-state index contributed by atoms with van der Waals surface area (Å²) in [7, 11) is -0.299. The Hall–Kier alpha value is -2.60. The van der Waals surface area contributed by atoms with E-state index in [9.17, 15) is 9.59 Å². The van der Waals surface area contributed by atoms with Gasteiger partial charge < -0.3 is 13.9 Å². The maximum atomic E-state index is 14.0. The predicted octanol–water partition coefficient (Wildman–Crippen LogP) is 6.66. The van der Waals surface area contributed by atoms with Crippen molar-refractivity contribution in [3.8, 4) is 5.75 Å². The molecule has 1 spiro atoms. The number of esters is 1. The minimum Gasteiger partial charge on any atom is -0.547 e. The number of methoxy groups -OCH3 is 1. The molecule has 0 radical (unpaired) electrons. The lowest BCUT2D eigenvalue weighted by Gasteiger charge is -2.53. The van der Waals surface area contributed by atoms with Crippen molar-refractivity contribution in [3.05, 3.63) is 65.5 Å². The van der Waals surface area contributed by atoms with Crippen LogP contribution in [0.2, 0.25) is 19.6 Å². The highest BCUT2D eigenvalue weighted by molar-refractivity contribution is 6.70. The maximum absolute atomic E-state index is 14.0. The number of ether oxygens (including phenoxy) is 2. The van der Waals surface area contributed by atoms with Crippen LogP contribution < -0.4 is 4.74 Å². The monoisotopic (exact) mass is 544 g/mol. The standard InChI is InChI=1S/C33H40O5Si/c1-30-14-6-7-15-31(30)18-19-33(30,21-8-10-22(36-2)11-9-21)28-25(38-39(3,4)5)20-23-27(29(28)31)24(34)12-16-32(23)17-13-26(35)37-32/h8-12,16,18-19,23,27,29H,6-7,13-15,17,20H2,1-5H3/t23-,27+,29+,30+,31+,32-,33-/m1/s1. The van der Waals surface area contributed by atoms with Crippen molar-refractivity contribution >= 4 is 20.1 Å². The third-order valence-electron chi connectivity index (χ3n) is 11.3. The molecule has 39 heavy (non-hydrogen) atoms. The van der Waals surface area contributed by atoms with Gasteiger partial charge in [0.25, 0.3) is 0 Å². The molecule has 0 amide bonds. The fourth-order valence-corrected chi connectivity index (χ4v) is 10.9. The molecule has 1 aromatic carbocycles. The Morgan fingerprint density at radius 2 is 1.72 bits per heavy atom. The zero-order valence-corrected chi connectivity index (χ0v) is 24.8. The highest BCUT2D eigenvalue weighted by atomic mass is 28.4. The molecule has 5 aliphatic carbocycles. The van der Waals surface area contributed by atoms with Crippen LogP contribution in [0, 0.1) is 28.6 Å². The summed E-state index contributed by atoms with van der Waals surface area (Å²) in [5.41, 5.74) is 1.34. The normalized spacial score (nSPS) is 41.9. The van der Waals surface area contributed by atoms with Gasteiger partial charge in [0.2, 0.25) is 8.32 Å². The topological polar surface area (TPSA) is 61.8 Å². The van der Waals surface area contributed by atoms with E-state index in [4.69, 9.17) is 13.9 Å². The maximum Gasteiger partial charge on any atom is 0.306 e. The molecule has 1 aliphatic heterocycles. The van der Waals surface area contributed by atoms with Crippen LogP contribution in [-0.4, -0.2) is 32.8 Å². The van der Waals surface area contributed by atoms with Gasteiger partial charge in [-0.05, 0) is 73.3 Å². The molecule has 3 fully saturated rings. The van der Waals surface area contributed by atoms with Crippen LogP contribution in [0.15, 0.2) is 59.9 Å². The average Bonchev–Trinajstić information content (AvgIpc) is 3.48. The highest BCUT2D eigenvalue weighted by Gasteiger charge is 2.78. The molecule has 206 valence electrons. The van der Waals surface area contributed by atoms with E-state index in [-0.39, 0.29) is 45.8 Å². The fraction of sp³-hybridized carbons (Fsp3) is 0.576. The summed E-state index contributed by atoms with van der Waals surface area (Å²) in [6.45, 7) is 9.22. The number of ketones is 1. The molecule has 6 aliphatic rings. The average molecular weight is 545 g/mol. The summed E-state index contributed by atoms with van der Waals surface area (Å²) in [5.74, 6) is 1.68. The van der Waals surface area contributed by atoms with Gasteiger partial charge in [0.15, 0.2) is 5.78 Å². The van der Waals surface area contributed by atoms with Crippen molar-refractivity contribution in [3.63, 3.8) is 0 Å². The van der Waals surface area contributed by atoms with Crippen LogP contribution in [-0.2, 0) is 24.2 Å². The lowest BCUT2D eigenvalue weighted by Crippen LogP contribution is -2.54. The van der Waals surface area contributed by atoms with Crippen molar-refractivity contribution in [2.75, 3.05) is 7.11 Å². The van der Waals surface area contributed by atoms with E-state index in [1.807, 2.05) is 6.08 Å². The van der Waals surface area contributed by atoms with Gasteiger partial charge >= 0.3 is 5.97 Å². The predicted molar refractivity (Wildman–Crippen MR) is 152 cm³/mol. The molecule has 7 atom stereocenters. The summed E-state index contributed by atoms with van der Waals surface area (Å²) >= 11 is 0. The quantitative estimate of drug-likeness (QED) is 0.241. The van der Waals surface area contributed by atoms with Crippen molar-refractivity contribution in [1.82, 2.24) is 0 Å². The minimum atomic E-state index is -2.01. The molecule has 1 heterocycles. The number of carbonyl (C=O) groups excluding carboxylic acids is 2. The summed E-state index contributed by atoms with van der Waals surface area (Å²) < 4.78 is 18.8.